The SMILES string of the molecule is C=CC(=O)Nc1cc(-c2cc[nH]c2-c2ccc(CN3CCN(C)CC3)cc2)ccc1C. The summed E-state index contributed by atoms with van der Waals surface area (Å²) >= 11 is 0. The molecule has 0 spiro atoms. The number of benzene rings is 2. The van der Waals surface area contributed by atoms with Gasteiger partial charge in [0.1, 0.15) is 0 Å². The fourth-order valence-electron chi connectivity index (χ4n) is 4.00. The van der Waals surface area contributed by atoms with Crippen molar-refractivity contribution in [1.29, 1.82) is 0 Å². The van der Waals surface area contributed by atoms with Crippen LogP contribution in [0, 0.1) is 6.92 Å². The Kier molecular flexibility index (Phi) is 6.35. The number of piperazine rings is 1. The van der Waals surface area contributed by atoms with Crippen LogP contribution in [0.25, 0.3) is 22.4 Å². The Bertz CT molecular complexity index is 1060. The molecule has 160 valence electrons. The lowest BCUT2D eigenvalue weighted by molar-refractivity contribution is -0.111. The molecule has 0 saturated carbocycles. The van der Waals surface area contributed by atoms with Gasteiger partial charge in [0.25, 0.3) is 0 Å². The van der Waals surface area contributed by atoms with Crippen molar-refractivity contribution in [2.75, 3.05) is 38.5 Å². The largest absolute Gasteiger partial charge is 0.361 e. The van der Waals surface area contributed by atoms with Crippen molar-refractivity contribution >= 4 is 11.6 Å². The summed E-state index contributed by atoms with van der Waals surface area (Å²) in [5.74, 6) is -0.203. The first-order valence-electron chi connectivity index (χ1n) is 10.8. The summed E-state index contributed by atoms with van der Waals surface area (Å²) in [6.07, 6.45) is 3.25. The standard InChI is InChI=1S/C26H30N4O/c1-4-25(31)28-24-17-22(8-5-19(24)2)23-11-12-27-26(23)21-9-6-20(7-10-21)18-30-15-13-29(3)14-16-30/h4-12,17,27H,1,13-16,18H2,2-3H3,(H,28,31). The van der Waals surface area contributed by atoms with Crippen molar-refractivity contribution in [2.24, 2.45) is 0 Å². The van der Waals surface area contributed by atoms with Crippen molar-refractivity contribution < 1.29 is 4.79 Å². The number of carbonyl (C=O) groups excluding carboxylic acids is 1. The molecule has 1 amide bonds. The van der Waals surface area contributed by atoms with Crippen molar-refractivity contribution in [2.45, 2.75) is 13.5 Å². The molecule has 1 saturated heterocycles. The Hall–Kier alpha value is -3.15. The minimum atomic E-state index is -0.203. The van der Waals surface area contributed by atoms with Gasteiger partial charge < -0.3 is 15.2 Å². The van der Waals surface area contributed by atoms with Crippen LogP contribution in [0.1, 0.15) is 11.1 Å². The number of hydrogen-bond donors (Lipinski definition) is 2. The number of carbonyl (C=O) groups is 1. The number of amides is 1. The van der Waals surface area contributed by atoms with E-state index >= 15 is 0 Å². The number of aryl methyl sites for hydroxylation is 1. The number of rotatable bonds is 6. The Balaban J connectivity index is 1.54. The van der Waals surface area contributed by atoms with E-state index in [4.69, 9.17) is 0 Å². The highest BCUT2D eigenvalue weighted by Gasteiger charge is 2.15. The minimum Gasteiger partial charge on any atom is -0.361 e. The van der Waals surface area contributed by atoms with Crippen LogP contribution >= 0.6 is 0 Å². The number of H-pyrrole nitrogens is 1. The maximum absolute atomic E-state index is 11.8. The van der Waals surface area contributed by atoms with E-state index in [2.05, 4.69) is 70.1 Å². The van der Waals surface area contributed by atoms with Crippen molar-refractivity contribution in [3.63, 3.8) is 0 Å². The molecule has 1 fully saturated rings. The lowest BCUT2D eigenvalue weighted by atomic mass is 9.99. The second-order valence-electron chi connectivity index (χ2n) is 8.27. The normalized spacial score (nSPS) is 15.0. The summed E-state index contributed by atoms with van der Waals surface area (Å²) in [6, 6.07) is 17.1. The lowest BCUT2D eigenvalue weighted by Gasteiger charge is -2.32. The molecule has 0 atom stereocenters. The second kappa shape index (κ2) is 9.33. The molecule has 2 heterocycles. The van der Waals surface area contributed by atoms with E-state index in [-0.39, 0.29) is 5.91 Å². The molecule has 1 aromatic heterocycles. The van der Waals surface area contributed by atoms with Crippen LogP contribution in [0.15, 0.2) is 67.4 Å². The van der Waals surface area contributed by atoms with Crippen LogP contribution < -0.4 is 5.32 Å². The Morgan fingerprint density at radius 3 is 2.48 bits per heavy atom. The Morgan fingerprint density at radius 1 is 1.06 bits per heavy atom. The molecule has 0 aliphatic carbocycles. The molecule has 1 aliphatic heterocycles. The van der Waals surface area contributed by atoms with Crippen LogP contribution in [0.2, 0.25) is 0 Å². The number of aromatic nitrogens is 1. The van der Waals surface area contributed by atoms with Crippen LogP contribution in [0.3, 0.4) is 0 Å². The molecule has 31 heavy (non-hydrogen) atoms. The average Bonchev–Trinajstić information content (AvgIpc) is 3.27. The van der Waals surface area contributed by atoms with Crippen LogP contribution in [0.5, 0.6) is 0 Å². The summed E-state index contributed by atoms with van der Waals surface area (Å²) in [5, 5.41) is 2.90. The Morgan fingerprint density at radius 2 is 1.77 bits per heavy atom. The summed E-state index contributed by atoms with van der Waals surface area (Å²) < 4.78 is 0. The summed E-state index contributed by atoms with van der Waals surface area (Å²) in [4.78, 5) is 20.1. The molecule has 2 N–H and O–H groups in total. The number of hydrogen-bond acceptors (Lipinski definition) is 3. The number of likely N-dealkylation sites (N-methyl/N-ethyl adjacent to an activating group) is 1. The molecule has 1 aliphatic rings. The van der Waals surface area contributed by atoms with E-state index < -0.39 is 0 Å². The quantitative estimate of drug-likeness (QED) is 0.583. The smallest absolute Gasteiger partial charge is 0.247 e. The highest BCUT2D eigenvalue weighted by molar-refractivity contribution is 6.00. The fraction of sp³-hybridized carbons (Fsp3) is 0.269. The van der Waals surface area contributed by atoms with E-state index in [0.29, 0.717) is 0 Å². The van der Waals surface area contributed by atoms with E-state index in [0.717, 1.165) is 66.4 Å². The molecular formula is C26H30N4O. The first-order valence-corrected chi connectivity index (χ1v) is 10.8. The zero-order valence-electron chi connectivity index (χ0n) is 18.3. The topological polar surface area (TPSA) is 51.4 Å². The van der Waals surface area contributed by atoms with Crippen LogP contribution in [-0.2, 0) is 11.3 Å². The number of aromatic amines is 1. The molecule has 3 aromatic rings. The van der Waals surface area contributed by atoms with Crippen molar-refractivity contribution in [3.05, 3.63) is 78.5 Å². The van der Waals surface area contributed by atoms with E-state index in [9.17, 15) is 4.79 Å². The maximum atomic E-state index is 11.8. The second-order valence-corrected chi connectivity index (χ2v) is 8.27. The molecule has 5 heteroatoms. The highest BCUT2D eigenvalue weighted by Crippen LogP contribution is 2.33. The molecule has 0 unspecified atom stereocenters. The first kappa shape index (κ1) is 21.1. The zero-order chi connectivity index (χ0) is 21.8. The third-order valence-corrected chi connectivity index (χ3v) is 5.98. The molecule has 0 radical (unpaired) electrons. The average molecular weight is 415 g/mol. The van der Waals surface area contributed by atoms with Gasteiger partial charge in [-0.1, -0.05) is 43.0 Å². The summed E-state index contributed by atoms with van der Waals surface area (Å²) in [5.41, 5.74) is 7.56. The number of nitrogens with zero attached hydrogens (tertiary/aromatic N) is 2. The van der Waals surface area contributed by atoms with E-state index in [1.165, 1.54) is 11.6 Å². The van der Waals surface area contributed by atoms with Crippen LogP contribution in [0.4, 0.5) is 5.69 Å². The van der Waals surface area contributed by atoms with Gasteiger partial charge >= 0.3 is 0 Å². The predicted molar refractivity (Wildman–Crippen MR) is 128 cm³/mol. The maximum Gasteiger partial charge on any atom is 0.247 e. The van der Waals surface area contributed by atoms with Gasteiger partial charge in [-0.3, -0.25) is 9.69 Å². The summed E-state index contributed by atoms with van der Waals surface area (Å²) in [6.45, 7) is 11.0. The molecule has 0 bridgehead atoms. The van der Waals surface area contributed by atoms with Gasteiger partial charge in [-0.15, -0.1) is 0 Å². The highest BCUT2D eigenvalue weighted by atomic mass is 16.1. The van der Waals surface area contributed by atoms with Crippen molar-refractivity contribution in [3.8, 4) is 22.4 Å². The third kappa shape index (κ3) is 4.95. The van der Waals surface area contributed by atoms with E-state index in [1.54, 1.807) is 0 Å². The summed E-state index contributed by atoms with van der Waals surface area (Å²) in [7, 11) is 2.18. The van der Waals surface area contributed by atoms with E-state index in [1.807, 2.05) is 25.3 Å². The number of anilines is 1. The van der Waals surface area contributed by atoms with Gasteiger partial charge in [0, 0.05) is 50.2 Å². The van der Waals surface area contributed by atoms with Gasteiger partial charge in [0.2, 0.25) is 5.91 Å². The molecule has 4 rings (SSSR count). The van der Waals surface area contributed by atoms with Gasteiger partial charge in [0.05, 0.1) is 5.69 Å². The van der Waals surface area contributed by atoms with Gasteiger partial charge in [-0.05, 0) is 54.4 Å². The predicted octanol–water partition coefficient (Wildman–Crippen LogP) is 4.53. The van der Waals surface area contributed by atoms with Gasteiger partial charge in [-0.2, -0.15) is 0 Å². The first-order chi connectivity index (χ1) is 15.0. The minimum absolute atomic E-state index is 0.203. The fourth-order valence-corrected chi connectivity index (χ4v) is 4.00. The molecule has 5 nitrogen and oxygen atoms in total. The van der Waals surface area contributed by atoms with Gasteiger partial charge in [-0.25, -0.2) is 0 Å². The zero-order valence-corrected chi connectivity index (χ0v) is 18.3. The Labute approximate surface area is 184 Å². The number of nitrogens with one attached hydrogen (secondary N) is 2. The van der Waals surface area contributed by atoms with Gasteiger partial charge in [0.15, 0.2) is 0 Å². The van der Waals surface area contributed by atoms with Crippen LogP contribution in [-0.4, -0.2) is 53.9 Å². The third-order valence-electron chi connectivity index (χ3n) is 5.98. The molecule has 2 aromatic carbocycles. The molecular weight excluding hydrogens is 384 g/mol. The van der Waals surface area contributed by atoms with Crippen molar-refractivity contribution in [1.82, 2.24) is 14.8 Å². The monoisotopic (exact) mass is 414 g/mol. The lowest BCUT2D eigenvalue weighted by Crippen LogP contribution is -2.43.